The summed E-state index contributed by atoms with van der Waals surface area (Å²) in [7, 11) is 1.84. The maximum absolute atomic E-state index is 15.3. The van der Waals surface area contributed by atoms with Crippen LogP contribution in [0, 0.1) is 5.82 Å². The second-order valence-electron chi connectivity index (χ2n) is 10.5. The van der Waals surface area contributed by atoms with Crippen LogP contribution in [0.2, 0.25) is 10.0 Å². The molecule has 3 N–H and O–H groups in total. The Morgan fingerprint density at radius 2 is 1.73 bits per heavy atom. The first-order valence-electron chi connectivity index (χ1n) is 13.3. The van der Waals surface area contributed by atoms with E-state index in [1.165, 1.54) is 6.07 Å². The molecule has 40 heavy (non-hydrogen) atoms. The van der Waals surface area contributed by atoms with E-state index in [2.05, 4.69) is 16.0 Å². The number of rotatable bonds is 4. The van der Waals surface area contributed by atoms with E-state index in [1.54, 1.807) is 36.4 Å². The van der Waals surface area contributed by atoms with Crippen LogP contribution in [0.3, 0.4) is 0 Å². The Kier molecular flexibility index (Phi) is 8.00. The van der Waals surface area contributed by atoms with Gasteiger partial charge in [0.2, 0.25) is 5.91 Å². The maximum Gasteiger partial charge on any atom is 0.237 e. The van der Waals surface area contributed by atoms with Crippen molar-refractivity contribution in [2.45, 2.75) is 55.0 Å². The number of nitrogens with one attached hydrogen (secondary N) is 3. The Morgan fingerprint density at radius 1 is 1.00 bits per heavy atom. The van der Waals surface area contributed by atoms with Gasteiger partial charge in [0.15, 0.2) is 0 Å². The fraction of sp³-hybridized carbons (Fsp3) is 0.323. The second-order valence-corrected chi connectivity index (χ2v) is 11.4. The quantitative estimate of drug-likeness (QED) is 0.305. The molecular formula is C31H30Cl2FN3O3. The Hall–Kier alpha value is -3.26. The molecular weight excluding hydrogens is 552 g/mol. The highest BCUT2D eigenvalue weighted by Gasteiger charge is 2.71. The third kappa shape index (κ3) is 4.50. The SMILES string of the molecule is CNc1ccc(C=O)cc1.O=C[C@@H]1NC2(CCCCC2)[C@@]2(C(=O)Nc3cc(Cl)ccc32)C1c1cccc(Cl)c1F. The van der Waals surface area contributed by atoms with Crippen LogP contribution in [0.4, 0.5) is 15.8 Å². The van der Waals surface area contributed by atoms with Gasteiger partial charge in [0.25, 0.3) is 0 Å². The van der Waals surface area contributed by atoms with Gasteiger partial charge in [0.1, 0.15) is 23.8 Å². The minimum absolute atomic E-state index is 0.0216. The molecule has 0 bridgehead atoms. The zero-order valence-electron chi connectivity index (χ0n) is 22.0. The highest BCUT2D eigenvalue weighted by atomic mass is 35.5. The lowest BCUT2D eigenvalue weighted by molar-refractivity contribution is -0.124. The summed E-state index contributed by atoms with van der Waals surface area (Å²) in [6.45, 7) is 0. The van der Waals surface area contributed by atoms with Crippen LogP contribution >= 0.6 is 23.2 Å². The van der Waals surface area contributed by atoms with Gasteiger partial charge in [-0.25, -0.2) is 4.39 Å². The average Bonchev–Trinajstić information content (AvgIpc) is 3.42. The van der Waals surface area contributed by atoms with Gasteiger partial charge in [-0.15, -0.1) is 0 Å². The van der Waals surface area contributed by atoms with Gasteiger partial charge < -0.3 is 20.7 Å². The third-order valence-corrected chi connectivity index (χ3v) is 9.07. The molecule has 6 rings (SSSR count). The van der Waals surface area contributed by atoms with Gasteiger partial charge in [0.05, 0.1) is 11.1 Å². The lowest BCUT2D eigenvalue weighted by Crippen LogP contribution is -2.60. The molecule has 3 atom stereocenters. The maximum atomic E-state index is 15.3. The largest absolute Gasteiger partial charge is 0.388 e. The van der Waals surface area contributed by atoms with Crippen molar-refractivity contribution in [1.82, 2.24) is 5.32 Å². The van der Waals surface area contributed by atoms with Gasteiger partial charge in [0, 0.05) is 40.5 Å². The zero-order valence-corrected chi connectivity index (χ0v) is 23.5. The fourth-order valence-electron chi connectivity index (χ4n) is 6.90. The Bertz CT molecular complexity index is 1440. The van der Waals surface area contributed by atoms with Crippen LogP contribution < -0.4 is 16.0 Å². The smallest absolute Gasteiger partial charge is 0.237 e. The summed E-state index contributed by atoms with van der Waals surface area (Å²) in [5, 5.41) is 9.93. The number of amides is 1. The molecule has 3 aromatic carbocycles. The molecule has 2 spiro atoms. The van der Waals surface area contributed by atoms with Gasteiger partial charge >= 0.3 is 0 Å². The molecule has 1 amide bonds. The molecule has 0 aromatic heterocycles. The number of carbonyl (C=O) groups excluding carboxylic acids is 3. The highest BCUT2D eigenvalue weighted by molar-refractivity contribution is 6.31. The predicted molar refractivity (Wildman–Crippen MR) is 156 cm³/mol. The van der Waals surface area contributed by atoms with Crippen molar-refractivity contribution in [3.63, 3.8) is 0 Å². The fourth-order valence-corrected chi connectivity index (χ4v) is 7.25. The van der Waals surface area contributed by atoms with Crippen molar-refractivity contribution < 1.29 is 18.8 Å². The first-order valence-corrected chi connectivity index (χ1v) is 14.1. The molecule has 3 aromatic rings. The molecule has 2 aliphatic heterocycles. The van der Waals surface area contributed by atoms with Crippen molar-refractivity contribution in [3.05, 3.63) is 93.2 Å². The summed E-state index contributed by atoms with van der Waals surface area (Å²) < 4.78 is 15.3. The van der Waals surface area contributed by atoms with E-state index in [0.717, 1.165) is 55.9 Å². The van der Waals surface area contributed by atoms with E-state index in [4.69, 9.17) is 23.2 Å². The van der Waals surface area contributed by atoms with E-state index in [1.807, 2.05) is 25.2 Å². The van der Waals surface area contributed by atoms with Gasteiger partial charge in [-0.1, -0.05) is 60.7 Å². The van der Waals surface area contributed by atoms with Crippen LogP contribution in [0.25, 0.3) is 0 Å². The molecule has 2 heterocycles. The predicted octanol–water partition coefficient (Wildman–Crippen LogP) is 6.52. The number of carbonyl (C=O) groups is 3. The highest BCUT2D eigenvalue weighted by Crippen LogP contribution is 2.62. The van der Waals surface area contributed by atoms with Crippen molar-refractivity contribution in [3.8, 4) is 0 Å². The molecule has 1 saturated heterocycles. The van der Waals surface area contributed by atoms with E-state index in [9.17, 15) is 14.4 Å². The van der Waals surface area contributed by atoms with Gasteiger partial charge in [-0.3, -0.25) is 9.59 Å². The van der Waals surface area contributed by atoms with Gasteiger partial charge in [-0.05, 0) is 66.4 Å². The van der Waals surface area contributed by atoms with Crippen LogP contribution in [-0.4, -0.2) is 37.1 Å². The van der Waals surface area contributed by atoms with Gasteiger partial charge in [-0.2, -0.15) is 0 Å². The minimum Gasteiger partial charge on any atom is -0.388 e. The molecule has 0 radical (unpaired) electrons. The van der Waals surface area contributed by atoms with E-state index in [-0.39, 0.29) is 16.5 Å². The average molecular weight is 583 g/mol. The summed E-state index contributed by atoms with van der Waals surface area (Å²) >= 11 is 12.3. The Morgan fingerprint density at radius 3 is 2.38 bits per heavy atom. The monoisotopic (exact) mass is 581 g/mol. The normalized spacial score (nSPS) is 24.1. The Balaban J connectivity index is 0.000000274. The Labute approximate surface area is 242 Å². The number of aldehydes is 2. The lowest BCUT2D eigenvalue weighted by Gasteiger charge is -2.47. The van der Waals surface area contributed by atoms with Crippen molar-refractivity contribution >= 4 is 53.1 Å². The molecule has 9 heteroatoms. The standard InChI is InChI=1S/C23H21Cl2FN2O2.C8H9NO/c24-13-7-8-15-17(11-13)27-21(30)23(15)19(14-5-4-6-16(25)20(14)26)18(12-29)28-22(23)9-2-1-3-10-22;1-9-8-4-2-7(6-10)3-5-8/h4-8,11-12,18-19,28H,1-3,9-10H2,(H,27,30);2-6,9H,1H3/t18-,19?,23+;/m0./s1. The summed E-state index contributed by atoms with van der Waals surface area (Å²) in [6.07, 6.45) is 6.02. The molecule has 1 unspecified atom stereocenters. The minimum atomic E-state index is -1.13. The number of fused-ring (bicyclic) bond motifs is 3. The molecule has 3 aliphatic rings. The van der Waals surface area contributed by atoms with Crippen LogP contribution in [0.5, 0.6) is 0 Å². The number of hydrogen-bond donors (Lipinski definition) is 3. The third-order valence-electron chi connectivity index (χ3n) is 8.54. The van der Waals surface area contributed by atoms with E-state index >= 15 is 4.39 Å². The van der Waals surface area contributed by atoms with Crippen molar-refractivity contribution in [1.29, 1.82) is 0 Å². The topological polar surface area (TPSA) is 87.3 Å². The summed E-state index contributed by atoms with van der Waals surface area (Å²) in [4.78, 5) is 36.3. The molecule has 1 saturated carbocycles. The first kappa shape index (κ1) is 28.3. The molecule has 2 fully saturated rings. The molecule has 1 aliphatic carbocycles. The second kappa shape index (κ2) is 11.3. The first-order chi connectivity index (χ1) is 19.3. The van der Waals surface area contributed by atoms with Crippen molar-refractivity contribution in [2.75, 3.05) is 17.7 Å². The van der Waals surface area contributed by atoms with Crippen molar-refractivity contribution in [2.24, 2.45) is 0 Å². The molecule has 208 valence electrons. The van der Waals surface area contributed by atoms with Crippen LogP contribution in [-0.2, 0) is 15.0 Å². The number of hydrogen-bond acceptors (Lipinski definition) is 5. The summed E-state index contributed by atoms with van der Waals surface area (Å²) in [5.74, 6) is -1.53. The van der Waals surface area contributed by atoms with E-state index < -0.39 is 28.7 Å². The number of halogens is 3. The number of anilines is 2. The van der Waals surface area contributed by atoms with Crippen LogP contribution in [0.1, 0.15) is 59.5 Å². The summed E-state index contributed by atoms with van der Waals surface area (Å²) in [6, 6.07) is 16.7. The molecule has 6 nitrogen and oxygen atoms in total. The lowest BCUT2D eigenvalue weighted by atomic mass is 9.55. The zero-order chi connectivity index (χ0) is 28.5. The van der Waals surface area contributed by atoms with E-state index in [0.29, 0.717) is 16.3 Å². The van der Waals surface area contributed by atoms with Crippen LogP contribution in [0.15, 0.2) is 60.7 Å². The number of benzene rings is 3. The summed E-state index contributed by atoms with van der Waals surface area (Å²) in [5.41, 5.74) is 1.61.